The summed E-state index contributed by atoms with van der Waals surface area (Å²) in [6.07, 6.45) is 0.985. The van der Waals surface area contributed by atoms with Crippen molar-refractivity contribution in [3.63, 3.8) is 0 Å². The topological polar surface area (TPSA) is 164 Å². The van der Waals surface area contributed by atoms with Crippen LogP contribution in [0, 0.1) is 10.1 Å². The van der Waals surface area contributed by atoms with Crippen LogP contribution in [0.5, 0.6) is 0 Å². The number of likely N-dealkylation sites (N-methyl/N-ethyl adjacent to an activating group) is 1. The van der Waals surface area contributed by atoms with Gasteiger partial charge in [0.1, 0.15) is 0 Å². The summed E-state index contributed by atoms with van der Waals surface area (Å²) in [6.45, 7) is -0.369. The van der Waals surface area contributed by atoms with Crippen LogP contribution in [0.15, 0.2) is 28.6 Å². The van der Waals surface area contributed by atoms with E-state index in [-0.39, 0.29) is 23.1 Å². The number of nitrogens with one attached hydrogen (secondary N) is 2. The van der Waals surface area contributed by atoms with E-state index in [4.69, 9.17) is 0 Å². The molecule has 0 saturated heterocycles. The summed E-state index contributed by atoms with van der Waals surface area (Å²) in [7, 11) is -2.21. The highest BCUT2D eigenvalue weighted by Gasteiger charge is 2.17. The molecule has 2 rings (SSSR count). The van der Waals surface area contributed by atoms with Crippen molar-refractivity contribution in [2.45, 2.75) is 4.34 Å². The summed E-state index contributed by atoms with van der Waals surface area (Å²) in [5.74, 6) is -0.998. The Bertz CT molecular complexity index is 1020. The van der Waals surface area contributed by atoms with Crippen molar-refractivity contribution in [3.05, 3.63) is 34.4 Å². The second kappa shape index (κ2) is 9.73. The highest BCUT2D eigenvalue weighted by Crippen LogP contribution is 2.26. The Labute approximate surface area is 173 Å². The van der Waals surface area contributed by atoms with Crippen LogP contribution in [0.2, 0.25) is 0 Å². The number of rotatable bonds is 9. The Hall–Kier alpha value is -2.62. The number of hydrogen-bond donors (Lipinski definition) is 2. The third-order valence-corrected chi connectivity index (χ3v) is 6.49. The minimum absolute atomic E-state index is 0.0257. The maximum Gasteiger partial charge on any atom is 0.271 e. The van der Waals surface area contributed by atoms with Crippen LogP contribution in [0.4, 0.5) is 16.5 Å². The molecule has 0 bridgehead atoms. The highest BCUT2D eigenvalue weighted by molar-refractivity contribution is 8.01. The van der Waals surface area contributed by atoms with Crippen LogP contribution < -0.4 is 10.6 Å². The molecule has 0 unspecified atom stereocenters. The zero-order valence-corrected chi connectivity index (χ0v) is 17.6. The molecular formula is C14H16N6O6S3. The van der Waals surface area contributed by atoms with Crippen molar-refractivity contribution < 1.29 is 22.9 Å². The van der Waals surface area contributed by atoms with Crippen LogP contribution in [-0.4, -0.2) is 65.3 Å². The van der Waals surface area contributed by atoms with E-state index in [1.54, 1.807) is 0 Å². The monoisotopic (exact) mass is 460 g/mol. The fourth-order valence-electron chi connectivity index (χ4n) is 1.82. The van der Waals surface area contributed by atoms with E-state index < -0.39 is 26.8 Å². The Kier molecular flexibility index (Phi) is 7.60. The quantitative estimate of drug-likeness (QED) is 0.240. The lowest BCUT2D eigenvalue weighted by Crippen LogP contribution is -2.34. The van der Waals surface area contributed by atoms with E-state index in [0.717, 1.165) is 33.7 Å². The molecule has 15 heteroatoms. The summed E-state index contributed by atoms with van der Waals surface area (Å²) >= 11 is 2.09. The van der Waals surface area contributed by atoms with E-state index in [1.165, 1.54) is 31.3 Å². The Morgan fingerprint density at radius 2 is 2.00 bits per heavy atom. The first kappa shape index (κ1) is 22.7. The molecule has 0 spiro atoms. The number of nitro benzene ring substituents is 1. The molecule has 2 N–H and O–H groups in total. The van der Waals surface area contributed by atoms with E-state index in [0.29, 0.717) is 10.0 Å². The lowest BCUT2D eigenvalue weighted by molar-refractivity contribution is -0.384. The number of carbonyl (C=O) groups excluding carboxylic acids is 2. The summed E-state index contributed by atoms with van der Waals surface area (Å²) in [6, 6.07) is 5.55. The number of benzene rings is 1. The molecule has 29 heavy (non-hydrogen) atoms. The third-order valence-electron chi connectivity index (χ3n) is 3.25. The fraction of sp³-hybridized carbons (Fsp3) is 0.286. The zero-order chi connectivity index (χ0) is 21.6. The van der Waals surface area contributed by atoms with Crippen LogP contribution in [-0.2, 0) is 19.6 Å². The summed E-state index contributed by atoms with van der Waals surface area (Å²) < 4.78 is 23.9. The predicted molar refractivity (Wildman–Crippen MR) is 108 cm³/mol. The number of nitrogens with zero attached hydrogens (tertiary/aromatic N) is 4. The van der Waals surface area contributed by atoms with Gasteiger partial charge in [-0.25, -0.2) is 8.42 Å². The van der Waals surface area contributed by atoms with Gasteiger partial charge in [-0.3, -0.25) is 25.0 Å². The first-order valence-corrected chi connectivity index (χ1v) is 11.4. The fourth-order valence-corrected chi connectivity index (χ4v) is 3.74. The van der Waals surface area contributed by atoms with Crippen LogP contribution in [0.3, 0.4) is 0 Å². The molecule has 156 valence electrons. The Morgan fingerprint density at radius 3 is 2.66 bits per heavy atom. The molecule has 0 fully saturated rings. The first-order valence-electron chi connectivity index (χ1n) is 7.76. The van der Waals surface area contributed by atoms with Crippen LogP contribution >= 0.6 is 23.1 Å². The molecule has 0 aliphatic heterocycles. The molecule has 1 aromatic heterocycles. The summed E-state index contributed by atoms with van der Waals surface area (Å²) in [4.78, 5) is 34.0. The molecule has 1 aromatic carbocycles. The first-order chi connectivity index (χ1) is 13.5. The maximum absolute atomic E-state index is 12.0. The minimum Gasteiger partial charge on any atom is -0.325 e. The van der Waals surface area contributed by atoms with Gasteiger partial charge in [-0.05, 0) is 6.07 Å². The molecule has 0 radical (unpaired) electrons. The van der Waals surface area contributed by atoms with Gasteiger partial charge in [0.05, 0.1) is 23.5 Å². The molecule has 2 aromatic rings. The summed E-state index contributed by atoms with van der Waals surface area (Å²) in [5, 5.41) is 23.5. The van der Waals surface area contributed by atoms with Gasteiger partial charge < -0.3 is 5.32 Å². The van der Waals surface area contributed by atoms with Crippen molar-refractivity contribution >= 4 is 61.4 Å². The molecular weight excluding hydrogens is 444 g/mol. The highest BCUT2D eigenvalue weighted by atomic mass is 32.2. The van der Waals surface area contributed by atoms with E-state index >= 15 is 0 Å². The number of hydrogen-bond acceptors (Lipinski definition) is 10. The van der Waals surface area contributed by atoms with Crippen molar-refractivity contribution in [2.24, 2.45) is 0 Å². The standard InChI is InChI=1S/C14H16N6O6S3/c1-19(29(2,25)26)7-11(21)16-13-17-18-14(28-13)27-8-12(22)15-9-4-3-5-10(6-9)20(23)24/h3-6H,7-8H2,1-2H3,(H,15,22)(H,16,17,21). The minimum atomic E-state index is -3.48. The molecule has 0 aliphatic carbocycles. The van der Waals surface area contributed by atoms with Gasteiger partial charge in [0, 0.05) is 24.9 Å². The number of nitro groups is 1. The van der Waals surface area contributed by atoms with E-state index in [1.807, 2.05) is 0 Å². The second-order valence-electron chi connectivity index (χ2n) is 5.58. The van der Waals surface area contributed by atoms with Gasteiger partial charge >= 0.3 is 0 Å². The zero-order valence-electron chi connectivity index (χ0n) is 15.2. The average Bonchev–Trinajstić information content (AvgIpc) is 3.06. The number of aromatic nitrogens is 2. The van der Waals surface area contributed by atoms with Gasteiger partial charge in [0.2, 0.25) is 27.0 Å². The Balaban J connectivity index is 1.84. The lowest BCUT2D eigenvalue weighted by Gasteiger charge is -2.12. The molecule has 0 aliphatic rings. The van der Waals surface area contributed by atoms with Crippen molar-refractivity contribution in [1.29, 1.82) is 0 Å². The Morgan fingerprint density at radius 1 is 1.28 bits per heavy atom. The van der Waals surface area contributed by atoms with E-state index in [2.05, 4.69) is 20.8 Å². The average molecular weight is 461 g/mol. The number of non-ortho nitro benzene ring substituents is 1. The molecule has 0 atom stereocenters. The smallest absolute Gasteiger partial charge is 0.271 e. The molecule has 0 saturated carbocycles. The van der Waals surface area contributed by atoms with Crippen molar-refractivity contribution in [1.82, 2.24) is 14.5 Å². The number of anilines is 2. The van der Waals surface area contributed by atoms with Gasteiger partial charge in [0.15, 0.2) is 4.34 Å². The largest absolute Gasteiger partial charge is 0.325 e. The van der Waals surface area contributed by atoms with Gasteiger partial charge in [-0.2, -0.15) is 4.31 Å². The second-order valence-corrected chi connectivity index (χ2v) is 9.87. The van der Waals surface area contributed by atoms with Crippen molar-refractivity contribution in [2.75, 3.05) is 36.2 Å². The SMILES string of the molecule is CN(CC(=O)Nc1nnc(SCC(=O)Nc2cccc([N+](=O)[O-])c2)s1)S(C)(=O)=O. The van der Waals surface area contributed by atoms with Crippen LogP contribution in [0.1, 0.15) is 0 Å². The van der Waals surface area contributed by atoms with Gasteiger partial charge in [-0.15, -0.1) is 10.2 Å². The van der Waals surface area contributed by atoms with Crippen molar-refractivity contribution in [3.8, 4) is 0 Å². The predicted octanol–water partition coefficient (Wildman–Crippen LogP) is 1.01. The molecule has 2 amide bonds. The number of carbonyl (C=O) groups is 2. The molecule has 12 nitrogen and oxygen atoms in total. The number of thioether (sulfide) groups is 1. The summed E-state index contributed by atoms with van der Waals surface area (Å²) in [5.41, 5.74) is 0.159. The number of sulfonamides is 1. The van der Waals surface area contributed by atoms with Gasteiger partial charge in [0.25, 0.3) is 5.69 Å². The van der Waals surface area contributed by atoms with Crippen LogP contribution in [0.25, 0.3) is 0 Å². The molecule has 1 heterocycles. The lowest BCUT2D eigenvalue weighted by atomic mass is 10.3. The normalized spacial score (nSPS) is 11.3. The van der Waals surface area contributed by atoms with E-state index in [9.17, 15) is 28.1 Å². The number of amides is 2. The maximum atomic E-state index is 12.0. The third kappa shape index (κ3) is 7.37. The van der Waals surface area contributed by atoms with Gasteiger partial charge in [-0.1, -0.05) is 29.2 Å².